The molecule has 2 N–H and O–H groups in total. The van der Waals surface area contributed by atoms with Crippen molar-refractivity contribution in [1.82, 2.24) is 0 Å². The highest BCUT2D eigenvalue weighted by molar-refractivity contribution is 7.92. The molecule has 2 aromatic carbocycles. The second kappa shape index (κ2) is 6.45. The van der Waals surface area contributed by atoms with E-state index in [-0.39, 0.29) is 16.3 Å². The largest absolute Gasteiger partial charge is 0.486 e. The van der Waals surface area contributed by atoms with Crippen LogP contribution in [0.1, 0.15) is 0 Å². The van der Waals surface area contributed by atoms with Crippen molar-refractivity contribution in [3.05, 3.63) is 42.5 Å². The molecule has 0 saturated heterocycles. The lowest BCUT2D eigenvalue weighted by atomic mass is 10.3. The van der Waals surface area contributed by atoms with Gasteiger partial charge in [0.1, 0.15) is 13.2 Å². The lowest BCUT2D eigenvalue weighted by Gasteiger charge is -2.19. The van der Waals surface area contributed by atoms with Crippen LogP contribution in [0.3, 0.4) is 0 Å². The molecule has 0 amide bonds. The average molecular weight is 384 g/mol. The first-order valence-corrected chi connectivity index (χ1v) is 10.6. The fourth-order valence-electron chi connectivity index (χ4n) is 2.27. The molecule has 8 nitrogen and oxygen atoms in total. The van der Waals surface area contributed by atoms with E-state index in [0.717, 1.165) is 6.26 Å². The van der Waals surface area contributed by atoms with Crippen molar-refractivity contribution in [2.24, 2.45) is 0 Å². The number of rotatable bonds is 5. The molecule has 1 aliphatic heterocycles. The normalized spacial score (nSPS) is 14.0. The lowest BCUT2D eigenvalue weighted by Crippen LogP contribution is -2.17. The van der Waals surface area contributed by atoms with Crippen LogP contribution in [0.2, 0.25) is 0 Å². The maximum atomic E-state index is 12.5. The van der Waals surface area contributed by atoms with Crippen molar-refractivity contribution < 1.29 is 26.3 Å². The third kappa shape index (κ3) is 4.34. The Morgan fingerprint density at radius 2 is 1.48 bits per heavy atom. The summed E-state index contributed by atoms with van der Waals surface area (Å²) in [5.41, 5.74) is 0.480. The molecule has 0 radical (unpaired) electrons. The zero-order chi connectivity index (χ0) is 18.1. The summed E-state index contributed by atoms with van der Waals surface area (Å²) in [6.07, 6.45) is 1.01. The second-order valence-electron chi connectivity index (χ2n) is 5.37. The van der Waals surface area contributed by atoms with E-state index in [1.54, 1.807) is 0 Å². The number of anilines is 2. The van der Waals surface area contributed by atoms with E-state index in [0.29, 0.717) is 24.7 Å². The van der Waals surface area contributed by atoms with Gasteiger partial charge in [0, 0.05) is 6.07 Å². The van der Waals surface area contributed by atoms with Gasteiger partial charge in [0.05, 0.1) is 22.5 Å². The predicted octanol–water partition coefficient (Wildman–Crippen LogP) is 1.63. The molecule has 0 fully saturated rings. The van der Waals surface area contributed by atoms with Gasteiger partial charge in [0.2, 0.25) is 10.0 Å². The fraction of sp³-hybridized carbons (Fsp3) is 0.200. The summed E-state index contributed by atoms with van der Waals surface area (Å²) in [5.74, 6) is 0.853. The van der Waals surface area contributed by atoms with E-state index in [4.69, 9.17) is 9.47 Å². The van der Waals surface area contributed by atoms with Gasteiger partial charge in [0.15, 0.2) is 11.5 Å². The van der Waals surface area contributed by atoms with Gasteiger partial charge in [-0.05, 0) is 30.3 Å². The number of hydrogen-bond donors (Lipinski definition) is 2. The molecule has 0 unspecified atom stereocenters. The Kier molecular flexibility index (Phi) is 4.48. The van der Waals surface area contributed by atoms with Gasteiger partial charge in [-0.25, -0.2) is 16.8 Å². The van der Waals surface area contributed by atoms with Gasteiger partial charge < -0.3 is 9.47 Å². The molecule has 134 valence electrons. The molecule has 3 rings (SSSR count). The molecular weight excluding hydrogens is 368 g/mol. The minimum atomic E-state index is -3.87. The van der Waals surface area contributed by atoms with E-state index in [1.165, 1.54) is 42.5 Å². The van der Waals surface area contributed by atoms with E-state index in [9.17, 15) is 16.8 Å². The van der Waals surface area contributed by atoms with Crippen LogP contribution in [0.5, 0.6) is 11.5 Å². The third-order valence-corrected chi connectivity index (χ3v) is 5.23. The highest BCUT2D eigenvalue weighted by Gasteiger charge is 2.19. The Balaban J connectivity index is 1.85. The summed E-state index contributed by atoms with van der Waals surface area (Å²) >= 11 is 0. The van der Waals surface area contributed by atoms with Crippen LogP contribution >= 0.6 is 0 Å². The average Bonchev–Trinajstić information content (AvgIpc) is 2.52. The second-order valence-corrected chi connectivity index (χ2v) is 8.80. The quantitative estimate of drug-likeness (QED) is 0.811. The molecule has 0 aromatic heterocycles. The van der Waals surface area contributed by atoms with Gasteiger partial charge >= 0.3 is 0 Å². The van der Waals surface area contributed by atoms with E-state index in [2.05, 4.69) is 9.44 Å². The van der Waals surface area contributed by atoms with Crippen LogP contribution in [0.25, 0.3) is 0 Å². The Morgan fingerprint density at radius 1 is 0.840 bits per heavy atom. The van der Waals surface area contributed by atoms with Gasteiger partial charge in [0.25, 0.3) is 10.0 Å². The highest BCUT2D eigenvalue weighted by atomic mass is 32.2. The van der Waals surface area contributed by atoms with Crippen molar-refractivity contribution in [1.29, 1.82) is 0 Å². The van der Waals surface area contributed by atoms with Gasteiger partial charge in [-0.2, -0.15) is 0 Å². The highest BCUT2D eigenvalue weighted by Crippen LogP contribution is 2.32. The number of benzene rings is 2. The van der Waals surface area contributed by atoms with Crippen molar-refractivity contribution >= 4 is 31.4 Å². The minimum absolute atomic E-state index is 0.0122. The van der Waals surface area contributed by atoms with E-state index < -0.39 is 20.0 Å². The van der Waals surface area contributed by atoms with Crippen LogP contribution in [-0.2, 0) is 20.0 Å². The number of fused-ring (bicyclic) bond motifs is 1. The Hall–Kier alpha value is -2.46. The summed E-state index contributed by atoms with van der Waals surface area (Å²) in [4.78, 5) is 0.0122. The summed E-state index contributed by atoms with van der Waals surface area (Å²) in [6, 6.07) is 10.3. The molecule has 0 spiro atoms. The van der Waals surface area contributed by atoms with Gasteiger partial charge in [-0.1, -0.05) is 6.07 Å². The smallest absolute Gasteiger partial charge is 0.262 e. The molecule has 10 heteroatoms. The standard InChI is InChI=1S/C15H16N2O6S2/c1-24(18,19)16-11-3-2-4-12(9-11)17-25(20,21)13-5-6-14-15(10-13)23-8-7-22-14/h2-6,9-10,16-17H,7-8H2,1H3. The van der Waals surface area contributed by atoms with Crippen LogP contribution in [0.4, 0.5) is 11.4 Å². The van der Waals surface area contributed by atoms with Crippen molar-refractivity contribution in [2.75, 3.05) is 28.9 Å². The van der Waals surface area contributed by atoms with Crippen molar-refractivity contribution in [3.63, 3.8) is 0 Å². The number of hydrogen-bond acceptors (Lipinski definition) is 6. The third-order valence-electron chi connectivity index (χ3n) is 3.24. The monoisotopic (exact) mass is 384 g/mol. The van der Waals surface area contributed by atoms with Crippen molar-refractivity contribution in [2.45, 2.75) is 4.90 Å². The van der Waals surface area contributed by atoms with E-state index >= 15 is 0 Å². The zero-order valence-corrected chi connectivity index (χ0v) is 14.9. The van der Waals surface area contributed by atoms with Gasteiger partial charge in [-0.15, -0.1) is 0 Å². The first-order chi connectivity index (χ1) is 11.7. The molecule has 0 bridgehead atoms. The van der Waals surface area contributed by atoms with E-state index in [1.807, 2.05) is 0 Å². The lowest BCUT2D eigenvalue weighted by molar-refractivity contribution is 0.171. The maximum Gasteiger partial charge on any atom is 0.262 e. The minimum Gasteiger partial charge on any atom is -0.486 e. The Bertz CT molecular complexity index is 1000. The summed E-state index contributed by atoms with van der Waals surface area (Å²) in [7, 11) is -7.33. The van der Waals surface area contributed by atoms with Crippen LogP contribution in [0, 0.1) is 0 Å². The van der Waals surface area contributed by atoms with Crippen LogP contribution in [0.15, 0.2) is 47.4 Å². The van der Waals surface area contributed by atoms with Crippen molar-refractivity contribution in [3.8, 4) is 11.5 Å². The molecule has 1 aliphatic rings. The summed E-state index contributed by atoms with van der Waals surface area (Å²) in [6.45, 7) is 0.764. The zero-order valence-electron chi connectivity index (χ0n) is 13.2. The van der Waals surface area contributed by atoms with Crippen LogP contribution < -0.4 is 18.9 Å². The Morgan fingerprint density at radius 3 is 2.16 bits per heavy atom. The topological polar surface area (TPSA) is 111 Å². The molecule has 0 aliphatic carbocycles. The number of sulfonamides is 2. The first-order valence-electron chi connectivity index (χ1n) is 7.23. The predicted molar refractivity (Wildman–Crippen MR) is 93.1 cm³/mol. The molecular formula is C15H16N2O6S2. The molecule has 2 aromatic rings. The summed E-state index contributed by atoms with van der Waals surface area (Å²) in [5, 5.41) is 0. The summed E-state index contributed by atoms with van der Waals surface area (Å²) < 4.78 is 63.1. The Labute approximate surface area is 145 Å². The molecule has 1 heterocycles. The molecule has 0 saturated carbocycles. The number of nitrogens with one attached hydrogen (secondary N) is 2. The maximum absolute atomic E-state index is 12.5. The molecule has 0 atom stereocenters. The first kappa shape index (κ1) is 17.4. The van der Waals surface area contributed by atoms with Gasteiger partial charge in [-0.3, -0.25) is 9.44 Å². The number of ether oxygens (including phenoxy) is 2. The SMILES string of the molecule is CS(=O)(=O)Nc1cccc(NS(=O)(=O)c2ccc3c(c2)OCCO3)c1. The van der Waals surface area contributed by atoms with Crippen LogP contribution in [-0.4, -0.2) is 36.3 Å². The fourth-order valence-corrected chi connectivity index (χ4v) is 3.88. The molecule has 25 heavy (non-hydrogen) atoms.